The Morgan fingerprint density at radius 1 is 1.44 bits per heavy atom. The molecule has 1 aliphatic rings. The Labute approximate surface area is 97.6 Å². The van der Waals surface area contributed by atoms with Crippen LogP contribution >= 0.6 is 0 Å². The number of rotatable bonds is 3. The second-order valence-electron chi connectivity index (χ2n) is 5.73. The van der Waals surface area contributed by atoms with Crippen LogP contribution < -0.4 is 0 Å². The average Bonchev–Trinajstić information content (AvgIpc) is 2.44. The van der Waals surface area contributed by atoms with E-state index in [-0.39, 0.29) is 17.7 Å². The Balaban J connectivity index is 2.66. The molecule has 1 fully saturated rings. The summed E-state index contributed by atoms with van der Waals surface area (Å²) < 4.78 is 5.85. The summed E-state index contributed by atoms with van der Waals surface area (Å²) in [6.07, 6.45) is 0.619. The summed E-state index contributed by atoms with van der Waals surface area (Å²) in [6, 6.07) is -0.151. The summed E-state index contributed by atoms with van der Waals surface area (Å²) in [5.74, 6) is -0.742. The molecule has 0 bridgehead atoms. The molecular formula is C12H23NO3. The van der Waals surface area contributed by atoms with Gasteiger partial charge < -0.3 is 9.84 Å². The lowest BCUT2D eigenvalue weighted by atomic mass is 10.1. The summed E-state index contributed by atoms with van der Waals surface area (Å²) in [5, 5.41) is 9.15. The third-order valence-corrected chi connectivity index (χ3v) is 2.77. The van der Waals surface area contributed by atoms with E-state index in [4.69, 9.17) is 9.84 Å². The standard InChI is InChI=1S/C12H23NO3/c1-8(2)13-7-9(16-12(3,4)5)6-10(13)11(14)15/h8-10H,6-7H2,1-5H3,(H,14,15)/t9-,10+/m1/s1. The van der Waals surface area contributed by atoms with Gasteiger partial charge in [-0.2, -0.15) is 0 Å². The van der Waals surface area contributed by atoms with E-state index in [0.29, 0.717) is 13.0 Å². The van der Waals surface area contributed by atoms with Gasteiger partial charge in [0.1, 0.15) is 6.04 Å². The second-order valence-corrected chi connectivity index (χ2v) is 5.73. The second kappa shape index (κ2) is 4.72. The van der Waals surface area contributed by atoms with Crippen LogP contribution in [-0.2, 0) is 9.53 Å². The summed E-state index contributed by atoms with van der Waals surface area (Å²) in [4.78, 5) is 13.1. The number of likely N-dealkylation sites (tertiary alicyclic amines) is 1. The van der Waals surface area contributed by atoms with Crippen LogP contribution in [0.1, 0.15) is 41.0 Å². The van der Waals surface area contributed by atoms with Gasteiger partial charge in [-0.25, -0.2) is 0 Å². The van der Waals surface area contributed by atoms with Crippen LogP contribution in [0.4, 0.5) is 0 Å². The molecule has 0 amide bonds. The molecule has 2 atom stereocenters. The topological polar surface area (TPSA) is 49.8 Å². The Hall–Kier alpha value is -0.610. The molecule has 1 N–H and O–H groups in total. The fourth-order valence-corrected chi connectivity index (χ4v) is 2.22. The van der Waals surface area contributed by atoms with Gasteiger partial charge in [-0.05, 0) is 34.6 Å². The van der Waals surface area contributed by atoms with E-state index in [1.165, 1.54) is 0 Å². The minimum atomic E-state index is -0.742. The van der Waals surface area contributed by atoms with Gasteiger partial charge in [-0.15, -0.1) is 0 Å². The maximum atomic E-state index is 11.1. The van der Waals surface area contributed by atoms with Crippen LogP contribution in [0.15, 0.2) is 0 Å². The van der Waals surface area contributed by atoms with Crippen molar-refractivity contribution in [2.75, 3.05) is 6.54 Å². The maximum Gasteiger partial charge on any atom is 0.321 e. The third-order valence-electron chi connectivity index (χ3n) is 2.77. The van der Waals surface area contributed by atoms with Crippen molar-refractivity contribution in [3.63, 3.8) is 0 Å². The van der Waals surface area contributed by atoms with Gasteiger partial charge >= 0.3 is 5.97 Å². The van der Waals surface area contributed by atoms with Crippen molar-refractivity contribution in [2.24, 2.45) is 0 Å². The SMILES string of the molecule is CC(C)N1C[C@H](OC(C)(C)C)C[C@H]1C(=O)O. The van der Waals surface area contributed by atoms with Crippen molar-refractivity contribution < 1.29 is 14.6 Å². The molecule has 0 aromatic rings. The normalized spacial score (nSPS) is 27.6. The highest BCUT2D eigenvalue weighted by Crippen LogP contribution is 2.26. The highest BCUT2D eigenvalue weighted by Gasteiger charge is 2.39. The number of carboxylic acid groups (broad SMARTS) is 1. The van der Waals surface area contributed by atoms with Gasteiger partial charge in [0.05, 0.1) is 11.7 Å². The number of hydrogen-bond donors (Lipinski definition) is 1. The van der Waals surface area contributed by atoms with E-state index in [1.54, 1.807) is 0 Å². The predicted octanol–water partition coefficient (Wildman–Crippen LogP) is 1.74. The Kier molecular flexibility index (Phi) is 3.97. The monoisotopic (exact) mass is 229 g/mol. The van der Waals surface area contributed by atoms with E-state index in [0.717, 1.165) is 0 Å². The van der Waals surface area contributed by atoms with Gasteiger partial charge in [-0.3, -0.25) is 9.69 Å². The first kappa shape index (κ1) is 13.5. The molecule has 16 heavy (non-hydrogen) atoms. The van der Waals surface area contributed by atoms with Gasteiger partial charge in [0.25, 0.3) is 0 Å². The molecule has 0 radical (unpaired) electrons. The highest BCUT2D eigenvalue weighted by molar-refractivity contribution is 5.74. The van der Waals surface area contributed by atoms with Crippen LogP contribution in [0.2, 0.25) is 0 Å². The lowest BCUT2D eigenvalue weighted by Gasteiger charge is -2.26. The Morgan fingerprint density at radius 3 is 2.31 bits per heavy atom. The molecule has 0 spiro atoms. The van der Waals surface area contributed by atoms with E-state index in [9.17, 15) is 4.79 Å². The summed E-state index contributed by atoms with van der Waals surface area (Å²) in [7, 11) is 0. The molecule has 0 aromatic carbocycles. The van der Waals surface area contributed by atoms with Crippen molar-refractivity contribution in [3.05, 3.63) is 0 Å². The molecule has 4 nitrogen and oxygen atoms in total. The number of aliphatic carboxylic acids is 1. The highest BCUT2D eigenvalue weighted by atomic mass is 16.5. The molecule has 1 heterocycles. The maximum absolute atomic E-state index is 11.1. The molecule has 0 aliphatic carbocycles. The van der Waals surface area contributed by atoms with Crippen LogP contribution in [-0.4, -0.2) is 46.3 Å². The molecule has 0 aromatic heterocycles. The smallest absolute Gasteiger partial charge is 0.321 e. The average molecular weight is 229 g/mol. The van der Waals surface area contributed by atoms with Crippen molar-refractivity contribution in [3.8, 4) is 0 Å². The van der Waals surface area contributed by atoms with E-state index >= 15 is 0 Å². The molecule has 1 aliphatic heterocycles. The fourth-order valence-electron chi connectivity index (χ4n) is 2.22. The fraction of sp³-hybridized carbons (Fsp3) is 0.917. The summed E-state index contributed by atoms with van der Waals surface area (Å²) in [6.45, 7) is 10.8. The quantitative estimate of drug-likeness (QED) is 0.801. The number of ether oxygens (including phenoxy) is 1. The van der Waals surface area contributed by atoms with E-state index in [1.807, 2.05) is 39.5 Å². The van der Waals surface area contributed by atoms with Crippen molar-refractivity contribution >= 4 is 5.97 Å². The molecule has 94 valence electrons. The number of carbonyl (C=O) groups is 1. The first-order valence-electron chi connectivity index (χ1n) is 5.87. The summed E-state index contributed by atoms with van der Waals surface area (Å²) in [5.41, 5.74) is -0.208. The molecule has 0 unspecified atom stereocenters. The predicted molar refractivity (Wildman–Crippen MR) is 62.5 cm³/mol. The van der Waals surface area contributed by atoms with E-state index < -0.39 is 12.0 Å². The number of carboxylic acids is 1. The zero-order chi connectivity index (χ0) is 12.5. The molecule has 1 saturated heterocycles. The minimum Gasteiger partial charge on any atom is -0.480 e. The Morgan fingerprint density at radius 2 is 2.00 bits per heavy atom. The minimum absolute atomic E-state index is 0.0310. The van der Waals surface area contributed by atoms with E-state index in [2.05, 4.69) is 0 Å². The Bertz CT molecular complexity index is 257. The lowest BCUT2D eigenvalue weighted by molar-refractivity contribution is -0.142. The lowest BCUT2D eigenvalue weighted by Crippen LogP contribution is -2.40. The first-order valence-corrected chi connectivity index (χ1v) is 5.87. The molecule has 1 rings (SSSR count). The molecule has 4 heteroatoms. The number of hydrogen-bond acceptors (Lipinski definition) is 3. The zero-order valence-electron chi connectivity index (χ0n) is 10.9. The van der Waals surface area contributed by atoms with Crippen LogP contribution in [0.25, 0.3) is 0 Å². The molecular weight excluding hydrogens is 206 g/mol. The van der Waals surface area contributed by atoms with Gasteiger partial charge in [-0.1, -0.05) is 0 Å². The molecule has 0 saturated carbocycles. The van der Waals surface area contributed by atoms with Crippen LogP contribution in [0.3, 0.4) is 0 Å². The largest absolute Gasteiger partial charge is 0.480 e. The van der Waals surface area contributed by atoms with Gasteiger partial charge in [0.2, 0.25) is 0 Å². The summed E-state index contributed by atoms with van der Waals surface area (Å²) >= 11 is 0. The number of nitrogens with zero attached hydrogens (tertiary/aromatic N) is 1. The van der Waals surface area contributed by atoms with Crippen LogP contribution in [0.5, 0.6) is 0 Å². The third kappa shape index (κ3) is 3.46. The van der Waals surface area contributed by atoms with Gasteiger partial charge in [0.15, 0.2) is 0 Å². The van der Waals surface area contributed by atoms with Crippen molar-refractivity contribution in [1.29, 1.82) is 0 Å². The van der Waals surface area contributed by atoms with Crippen molar-refractivity contribution in [1.82, 2.24) is 4.90 Å². The van der Waals surface area contributed by atoms with Gasteiger partial charge in [0, 0.05) is 19.0 Å². The zero-order valence-corrected chi connectivity index (χ0v) is 10.9. The van der Waals surface area contributed by atoms with Crippen molar-refractivity contribution in [2.45, 2.75) is 64.8 Å². The first-order chi connectivity index (χ1) is 7.20. The van der Waals surface area contributed by atoms with Crippen LogP contribution in [0, 0.1) is 0 Å².